The van der Waals surface area contributed by atoms with Crippen molar-refractivity contribution < 1.29 is 74.7 Å². The smallest absolute Gasteiger partial charge is 0.296 e. The maximum absolute atomic E-state index is 12.5. The lowest BCUT2D eigenvalue weighted by Crippen LogP contribution is -2.08. The maximum Gasteiger partial charge on any atom is 0.296 e. The van der Waals surface area contributed by atoms with Gasteiger partial charge in [0.1, 0.15) is 33.5 Å². The number of ether oxygens (including phenoxy) is 1. The molecule has 34 heteroatoms. The highest BCUT2D eigenvalue weighted by molar-refractivity contribution is 7.99. The van der Waals surface area contributed by atoms with Crippen molar-refractivity contribution in [3.8, 4) is 17.7 Å². The Morgan fingerprint density at radius 2 is 1.29 bits per heavy atom. The molecule has 3 heterocycles. The van der Waals surface area contributed by atoms with Crippen LogP contribution in [0.2, 0.25) is 0 Å². The molecule has 79 heavy (non-hydrogen) atoms. The first-order chi connectivity index (χ1) is 36.8. The van der Waals surface area contributed by atoms with Crippen molar-refractivity contribution in [2.45, 2.75) is 60.1 Å². The van der Waals surface area contributed by atoms with E-state index in [2.05, 4.69) is 40.7 Å². The van der Waals surface area contributed by atoms with E-state index >= 15 is 0 Å². The molecule has 0 atom stereocenters. The van der Waals surface area contributed by atoms with Crippen molar-refractivity contribution in [1.29, 1.82) is 5.26 Å². The Morgan fingerprint density at radius 3 is 1.94 bits per heavy atom. The SMILES string of the molecule is Cc1cc(N=Nc2cc(OCCCS(=O)(=O)O)c(N=Nc3c(C)c(C#N)c4nc5cc(S(=O)(=O)O)cc(C)c5n4c3O)cc2C)c(SCCCS(=O)(=O)O)cc1N=Nc1nc2c(S(=O)(=O)O)cc3ccc(S(=O)(=O)O)cc3c2s1. The van der Waals surface area contributed by atoms with E-state index in [1.165, 1.54) is 42.5 Å². The fourth-order valence-electron chi connectivity index (χ4n) is 7.92. The summed E-state index contributed by atoms with van der Waals surface area (Å²) in [6.45, 7) is 5.94. The predicted molar refractivity (Wildman–Crippen MR) is 288 cm³/mol. The summed E-state index contributed by atoms with van der Waals surface area (Å²) in [4.78, 5) is 7.44. The minimum absolute atomic E-state index is 0.00388. The van der Waals surface area contributed by atoms with Gasteiger partial charge in [-0.2, -0.15) is 52.5 Å². The summed E-state index contributed by atoms with van der Waals surface area (Å²) in [5.41, 5.74) is 1.44. The molecule has 8 rings (SSSR count). The third kappa shape index (κ3) is 13.0. The molecule has 6 N–H and O–H groups in total. The lowest BCUT2D eigenvalue weighted by Gasteiger charge is -2.12. The van der Waals surface area contributed by atoms with Gasteiger partial charge in [-0.3, -0.25) is 27.2 Å². The third-order valence-corrected chi connectivity index (χ3v) is 17.9. The Morgan fingerprint density at radius 1 is 0.671 bits per heavy atom. The van der Waals surface area contributed by atoms with Gasteiger partial charge in [0, 0.05) is 21.9 Å². The fraction of sp³-hybridized carbons (Fsp3) is 0.222. The number of pyridine rings is 1. The van der Waals surface area contributed by atoms with Crippen molar-refractivity contribution in [2.75, 3.05) is 23.9 Å². The van der Waals surface area contributed by atoms with Crippen LogP contribution >= 0.6 is 23.1 Å². The molecule has 0 spiro atoms. The van der Waals surface area contributed by atoms with Crippen molar-refractivity contribution in [3.63, 3.8) is 0 Å². The molecule has 0 saturated carbocycles. The van der Waals surface area contributed by atoms with E-state index < -0.39 is 82.7 Å². The minimum atomic E-state index is -4.88. The van der Waals surface area contributed by atoms with Crippen LogP contribution in [-0.2, 0) is 50.6 Å². The number of thiazole rings is 1. The van der Waals surface area contributed by atoms with E-state index in [0.29, 0.717) is 16.0 Å². The van der Waals surface area contributed by atoms with Crippen molar-refractivity contribution >= 4 is 145 Å². The Hall–Kier alpha value is -7.01. The van der Waals surface area contributed by atoms with Crippen LogP contribution in [0.1, 0.15) is 40.7 Å². The molecule has 0 radical (unpaired) electrons. The van der Waals surface area contributed by atoms with Crippen molar-refractivity contribution in [1.82, 2.24) is 14.4 Å². The highest BCUT2D eigenvalue weighted by Crippen LogP contribution is 2.44. The standard InChI is InChI=1S/C45H40N10O17S7/c1-22-14-33(51-53-39-25(4)30(21-46)43-47-35-18-28(78(66,67)68)13-24(3)41(35)55(43)44(39)56)36(72-9-5-11-75(57,58)59)19-31(22)49-52-34-15-23(2)32(20-37(34)73-10-6-12-76(60,61)62)50-54-45-48-40-38(79(69,70)71)16-26-7-8-27(77(63,64)65)17-29(26)42(40)74-45/h7-8,13-20,56H,5-6,9-12H2,1-4H3,(H,57,58,59)(H,60,61,62)(H,63,64,65)(H,66,67,68)(H,69,70,71). The van der Waals surface area contributed by atoms with Gasteiger partial charge in [-0.1, -0.05) is 17.4 Å². The molecule has 8 aromatic rings. The number of nitrogens with zero attached hydrogens (tertiary/aromatic N) is 10. The lowest BCUT2D eigenvalue weighted by molar-refractivity contribution is 0.317. The second-order valence-electron chi connectivity index (χ2n) is 17.3. The van der Waals surface area contributed by atoms with Gasteiger partial charge in [-0.25, -0.2) is 9.97 Å². The highest BCUT2D eigenvalue weighted by Gasteiger charge is 2.26. The number of hydrogen-bond donors (Lipinski definition) is 6. The summed E-state index contributed by atoms with van der Waals surface area (Å²) < 4.78 is 174. The van der Waals surface area contributed by atoms with Crippen LogP contribution in [0.3, 0.4) is 0 Å². The second kappa shape index (κ2) is 21.9. The van der Waals surface area contributed by atoms with Crippen LogP contribution in [-0.4, -0.2) is 108 Å². The summed E-state index contributed by atoms with van der Waals surface area (Å²) in [6, 6.07) is 14.7. The van der Waals surface area contributed by atoms with Crippen LogP contribution in [0.5, 0.6) is 11.6 Å². The Kier molecular flexibility index (Phi) is 16.1. The molecule has 0 aliphatic rings. The fourth-order valence-corrected chi connectivity index (χ4v) is 12.8. The topological polar surface area (TPSA) is 429 Å². The van der Waals surface area contributed by atoms with Gasteiger partial charge in [0.15, 0.2) is 11.3 Å². The molecule has 0 amide bonds. The average Bonchev–Trinajstić information content (AvgIpc) is 4.15. The quantitative estimate of drug-likeness (QED) is 0.0190. The summed E-state index contributed by atoms with van der Waals surface area (Å²) in [6.07, 6.45) is -0.193. The normalized spacial score (nSPS) is 13.1. The van der Waals surface area contributed by atoms with Crippen molar-refractivity contribution in [3.05, 3.63) is 88.5 Å². The number of imidazole rings is 1. The van der Waals surface area contributed by atoms with Crippen LogP contribution in [0.25, 0.3) is 37.7 Å². The van der Waals surface area contributed by atoms with Crippen molar-refractivity contribution in [2.24, 2.45) is 30.7 Å². The molecule has 414 valence electrons. The average molecular weight is 1220 g/mol. The maximum atomic E-state index is 12.5. The molecule has 0 unspecified atom stereocenters. The molecular formula is C45H40N10O17S7. The number of benzene rings is 5. The Balaban J connectivity index is 1.18. The molecule has 0 bridgehead atoms. The van der Waals surface area contributed by atoms with Gasteiger partial charge in [-0.05, 0) is 117 Å². The zero-order chi connectivity index (χ0) is 57.7. The number of azo groups is 3. The van der Waals surface area contributed by atoms with Crippen LogP contribution < -0.4 is 4.74 Å². The van der Waals surface area contributed by atoms with Gasteiger partial charge in [0.05, 0.1) is 60.7 Å². The molecule has 0 aliphatic heterocycles. The number of thioether (sulfide) groups is 1. The number of aryl methyl sites for hydroxylation is 3. The van der Waals surface area contributed by atoms with Gasteiger partial charge in [0.25, 0.3) is 50.6 Å². The lowest BCUT2D eigenvalue weighted by atomic mass is 10.1. The predicted octanol–water partition coefficient (Wildman–Crippen LogP) is 10.1. The van der Waals surface area contributed by atoms with Gasteiger partial charge in [0.2, 0.25) is 11.0 Å². The number of aromatic nitrogens is 3. The number of fused-ring (bicyclic) bond motifs is 6. The van der Waals surface area contributed by atoms with E-state index in [0.717, 1.165) is 53.4 Å². The molecule has 5 aromatic carbocycles. The van der Waals surface area contributed by atoms with Gasteiger partial charge in [-0.15, -0.1) is 37.3 Å². The number of hydrogen-bond acceptors (Lipinski definition) is 23. The van der Waals surface area contributed by atoms with E-state index in [1.807, 2.05) is 6.07 Å². The van der Waals surface area contributed by atoms with Crippen LogP contribution in [0.4, 0.5) is 33.6 Å². The summed E-state index contributed by atoms with van der Waals surface area (Å²) >= 11 is 1.91. The molecule has 3 aromatic heterocycles. The Labute approximate surface area is 457 Å². The summed E-state index contributed by atoms with van der Waals surface area (Å²) in [5, 5.41) is 48.2. The second-order valence-corrected chi connectivity index (χ2v) is 26.8. The molecule has 27 nitrogen and oxygen atoms in total. The van der Waals surface area contributed by atoms with Crippen LogP contribution in [0.15, 0.2) is 111 Å². The van der Waals surface area contributed by atoms with E-state index in [-0.39, 0.29) is 119 Å². The zero-order valence-electron chi connectivity index (χ0n) is 41.0. The molecule has 0 saturated heterocycles. The van der Waals surface area contributed by atoms with Crippen LogP contribution in [0, 0.1) is 39.0 Å². The molecular weight excluding hydrogens is 1180 g/mol. The van der Waals surface area contributed by atoms with E-state index in [9.17, 15) is 75.2 Å². The van der Waals surface area contributed by atoms with Gasteiger partial charge >= 0.3 is 0 Å². The minimum Gasteiger partial charge on any atom is -0.493 e. The summed E-state index contributed by atoms with van der Waals surface area (Å²) in [7, 11) is -22.9. The number of aromatic hydroxyl groups is 1. The first kappa shape index (κ1) is 58.1. The largest absolute Gasteiger partial charge is 0.493 e. The summed E-state index contributed by atoms with van der Waals surface area (Å²) in [5.74, 6) is -1.70. The van der Waals surface area contributed by atoms with Gasteiger partial charge < -0.3 is 9.84 Å². The first-order valence-electron chi connectivity index (χ1n) is 22.4. The monoisotopic (exact) mass is 1220 g/mol. The van der Waals surface area contributed by atoms with E-state index in [4.69, 9.17) is 4.74 Å². The third-order valence-electron chi connectivity index (χ3n) is 11.6. The highest BCUT2D eigenvalue weighted by atomic mass is 32.2. The molecule has 0 aliphatic carbocycles. The zero-order valence-corrected chi connectivity index (χ0v) is 46.7. The van der Waals surface area contributed by atoms with E-state index in [1.54, 1.807) is 19.9 Å². The Bertz CT molecular complexity index is 4610. The molecule has 0 fully saturated rings. The number of rotatable bonds is 19. The first-order valence-corrected chi connectivity index (χ1v) is 31.7. The number of nitriles is 1.